The van der Waals surface area contributed by atoms with Gasteiger partial charge in [0.25, 0.3) is 5.56 Å². The van der Waals surface area contributed by atoms with E-state index < -0.39 is 0 Å². The molecule has 0 aliphatic rings. The summed E-state index contributed by atoms with van der Waals surface area (Å²) >= 11 is 6.90. The molecule has 2 aromatic heterocycles. The van der Waals surface area contributed by atoms with Crippen molar-refractivity contribution in [1.29, 1.82) is 0 Å². The van der Waals surface area contributed by atoms with Crippen LogP contribution in [-0.4, -0.2) is 23.3 Å². The monoisotopic (exact) mass is 298 g/mol. The van der Waals surface area contributed by atoms with E-state index in [0.29, 0.717) is 11.4 Å². The number of nitrogens with zero attached hydrogens (tertiary/aromatic N) is 1. The average molecular weight is 298 g/mol. The van der Waals surface area contributed by atoms with Gasteiger partial charge in [-0.2, -0.15) is 0 Å². The largest absolute Gasteiger partial charge is 0.385 e. The second-order valence-corrected chi connectivity index (χ2v) is 6.33. The molecule has 2 rings (SSSR count). The Morgan fingerprint density at radius 1 is 1.47 bits per heavy atom. The number of nitrogens with one attached hydrogen (secondary N) is 1. The van der Waals surface area contributed by atoms with E-state index in [2.05, 4.69) is 4.98 Å². The quantitative estimate of drug-likeness (QED) is 0.881. The van der Waals surface area contributed by atoms with Gasteiger partial charge in [0.2, 0.25) is 0 Å². The van der Waals surface area contributed by atoms with Crippen LogP contribution in [0, 0.1) is 18.6 Å². The molecular weight excluding hydrogens is 280 g/mol. The molecule has 0 aromatic carbocycles. The standard InChI is InChI=1S/C13H18N2O2S2/c1-7(5-6-17-4)15-12(16)10-8(2)9(3)19-11(10)14-13(15)18/h7H,5-6H2,1-4H3,(H,14,18). The van der Waals surface area contributed by atoms with Crippen molar-refractivity contribution in [2.24, 2.45) is 0 Å². The van der Waals surface area contributed by atoms with E-state index in [0.717, 1.165) is 27.1 Å². The normalized spacial score (nSPS) is 13.1. The first-order valence-electron chi connectivity index (χ1n) is 6.20. The summed E-state index contributed by atoms with van der Waals surface area (Å²) in [4.78, 5) is 17.8. The summed E-state index contributed by atoms with van der Waals surface area (Å²) in [5.74, 6) is 0. The summed E-state index contributed by atoms with van der Waals surface area (Å²) in [6, 6.07) is 0.0280. The van der Waals surface area contributed by atoms with E-state index in [-0.39, 0.29) is 11.6 Å². The number of H-pyrrole nitrogens is 1. The molecule has 0 amide bonds. The summed E-state index contributed by atoms with van der Waals surface area (Å²) in [6.45, 7) is 6.61. The molecule has 0 saturated carbocycles. The number of aromatic nitrogens is 2. The molecule has 19 heavy (non-hydrogen) atoms. The van der Waals surface area contributed by atoms with Crippen molar-refractivity contribution in [2.45, 2.75) is 33.2 Å². The number of fused-ring (bicyclic) bond motifs is 1. The molecule has 0 radical (unpaired) electrons. The van der Waals surface area contributed by atoms with Gasteiger partial charge in [-0.3, -0.25) is 9.36 Å². The van der Waals surface area contributed by atoms with Gasteiger partial charge >= 0.3 is 0 Å². The van der Waals surface area contributed by atoms with E-state index >= 15 is 0 Å². The molecular formula is C13H18N2O2S2. The van der Waals surface area contributed by atoms with Crippen LogP contribution < -0.4 is 5.56 Å². The topological polar surface area (TPSA) is 47.0 Å². The smallest absolute Gasteiger partial charge is 0.263 e. The fourth-order valence-corrected chi connectivity index (χ4v) is 3.64. The molecule has 104 valence electrons. The predicted molar refractivity (Wildman–Crippen MR) is 81.9 cm³/mol. The van der Waals surface area contributed by atoms with E-state index in [4.69, 9.17) is 17.0 Å². The summed E-state index contributed by atoms with van der Waals surface area (Å²) in [5.41, 5.74) is 1.05. The number of rotatable bonds is 4. The van der Waals surface area contributed by atoms with Crippen LogP contribution in [0.1, 0.15) is 29.8 Å². The Morgan fingerprint density at radius 2 is 2.16 bits per heavy atom. The van der Waals surface area contributed by atoms with Gasteiger partial charge in [-0.15, -0.1) is 11.3 Å². The molecule has 6 heteroatoms. The zero-order valence-electron chi connectivity index (χ0n) is 11.6. The van der Waals surface area contributed by atoms with E-state index in [1.807, 2.05) is 20.8 Å². The van der Waals surface area contributed by atoms with Gasteiger partial charge in [0.15, 0.2) is 4.77 Å². The first kappa shape index (κ1) is 14.4. The van der Waals surface area contributed by atoms with Gasteiger partial charge < -0.3 is 9.72 Å². The molecule has 0 spiro atoms. The van der Waals surface area contributed by atoms with Crippen LogP contribution in [-0.2, 0) is 4.74 Å². The molecule has 0 bridgehead atoms. The number of thiophene rings is 1. The van der Waals surface area contributed by atoms with Gasteiger partial charge in [-0.1, -0.05) is 0 Å². The third-order valence-electron chi connectivity index (χ3n) is 3.44. The van der Waals surface area contributed by atoms with Crippen molar-refractivity contribution in [3.8, 4) is 0 Å². The van der Waals surface area contributed by atoms with Gasteiger partial charge in [0.05, 0.1) is 5.39 Å². The van der Waals surface area contributed by atoms with Gasteiger partial charge in [-0.25, -0.2) is 0 Å². The number of hydrogen-bond acceptors (Lipinski definition) is 4. The van der Waals surface area contributed by atoms with Crippen molar-refractivity contribution in [2.75, 3.05) is 13.7 Å². The number of methoxy groups -OCH3 is 1. The van der Waals surface area contributed by atoms with Crippen LogP contribution in [0.15, 0.2) is 4.79 Å². The Kier molecular flexibility index (Phi) is 4.23. The van der Waals surface area contributed by atoms with Crippen molar-refractivity contribution in [3.63, 3.8) is 0 Å². The Balaban J connectivity index is 2.65. The fraction of sp³-hybridized carbons (Fsp3) is 0.538. The van der Waals surface area contributed by atoms with Crippen LogP contribution in [0.3, 0.4) is 0 Å². The number of aromatic amines is 1. The highest BCUT2D eigenvalue weighted by molar-refractivity contribution is 7.71. The molecule has 4 nitrogen and oxygen atoms in total. The molecule has 1 unspecified atom stereocenters. The fourth-order valence-electron chi connectivity index (χ4n) is 2.16. The van der Waals surface area contributed by atoms with Crippen LogP contribution in [0.4, 0.5) is 0 Å². The lowest BCUT2D eigenvalue weighted by Crippen LogP contribution is -2.25. The minimum absolute atomic E-state index is 0.00389. The number of ether oxygens (including phenoxy) is 1. The number of hydrogen-bond donors (Lipinski definition) is 1. The minimum atomic E-state index is 0.00389. The zero-order valence-corrected chi connectivity index (χ0v) is 13.2. The van der Waals surface area contributed by atoms with Crippen molar-refractivity contribution < 1.29 is 4.74 Å². The molecule has 2 aromatic rings. The maximum atomic E-state index is 12.6. The van der Waals surface area contributed by atoms with Crippen molar-refractivity contribution >= 4 is 33.8 Å². The molecule has 1 atom stereocenters. The highest BCUT2D eigenvalue weighted by Crippen LogP contribution is 2.26. The third kappa shape index (κ3) is 2.52. The second-order valence-electron chi connectivity index (χ2n) is 4.72. The maximum absolute atomic E-state index is 12.6. The Morgan fingerprint density at radius 3 is 2.79 bits per heavy atom. The summed E-state index contributed by atoms with van der Waals surface area (Å²) in [6.07, 6.45) is 0.765. The van der Waals surface area contributed by atoms with Crippen molar-refractivity contribution in [3.05, 3.63) is 25.6 Å². The van der Waals surface area contributed by atoms with E-state index in [1.165, 1.54) is 0 Å². The lowest BCUT2D eigenvalue weighted by molar-refractivity contribution is 0.180. The summed E-state index contributed by atoms with van der Waals surface area (Å²) in [7, 11) is 1.66. The van der Waals surface area contributed by atoms with Crippen molar-refractivity contribution in [1.82, 2.24) is 9.55 Å². The molecule has 0 saturated heterocycles. The van der Waals surface area contributed by atoms with Crippen LogP contribution in [0.5, 0.6) is 0 Å². The maximum Gasteiger partial charge on any atom is 0.263 e. The Bertz CT molecular complexity index is 712. The van der Waals surface area contributed by atoms with Crippen LogP contribution in [0.25, 0.3) is 10.2 Å². The first-order valence-corrected chi connectivity index (χ1v) is 7.43. The molecule has 0 fully saturated rings. The molecule has 1 N–H and O–H groups in total. The summed E-state index contributed by atoms with van der Waals surface area (Å²) < 4.78 is 7.22. The Labute approximate surface area is 121 Å². The third-order valence-corrected chi connectivity index (χ3v) is 4.86. The SMILES string of the molecule is COCCC(C)n1c(=S)[nH]c2sc(C)c(C)c2c1=O. The minimum Gasteiger partial charge on any atom is -0.385 e. The highest BCUT2D eigenvalue weighted by atomic mass is 32.1. The zero-order chi connectivity index (χ0) is 14.2. The van der Waals surface area contributed by atoms with E-state index in [1.54, 1.807) is 23.0 Å². The first-order chi connectivity index (χ1) is 8.97. The molecule has 2 heterocycles. The van der Waals surface area contributed by atoms with E-state index in [9.17, 15) is 4.79 Å². The van der Waals surface area contributed by atoms with Gasteiger partial charge in [0, 0.05) is 24.6 Å². The summed E-state index contributed by atoms with van der Waals surface area (Å²) in [5, 5.41) is 0.764. The molecule has 0 aliphatic carbocycles. The molecule has 0 aliphatic heterocycles. The second kappa shape index (κ2) is 5.56. The highest BCUT2D eigenvalue weighted by Gasteiger charge is 2.15. The van der Waals surface area contributed by atoms with Crippen LogP contribution >= 0.6 is 23.6 Å². The Hall–Kier alpha value is -0.980. The van der Waals surface area contributed by atoms with Crippen LogP contribution in [0.2, 0.25) is 0 Å². The number of aryl methyl sites for hydroxylation is 2. The lowest BCUT2D eigenvalue weighted by Gasteiger charge is -2.14. The predicted octanol–water partition coefficient (Wildman–Crippen LogP) is 3.33. The lowest BCUT2D eigenvalue weighted by atomic mass is 10.2. The average Bonchev–Trinajstić information content (AvgIpc) is 2.62. The van der Waals surface area contributed by atoms with Gasteiger partial charge in [0.1, 0.15) is 4.83 Å². The van der Waals surface area contributed by atoms with Gasteiger partial charge in [-0.05, 0) is 45.0 Å².